The van der Waals surface area contributed by atoms with Crippen LogP contribution in [0.4, 0.5) is 0 Å². The standard InChI is InChI=1S/C48H30N2S.C31H21N.C18H11BrS/c1-2-11-34(12-3-1)49-43-18-7-4-13-37(43)41-29-32(23-27-45(41)49)33-24-28-46-42(30-33)38-14-5-8-19-44(38)50(46)35-25-21-31(22-26-35)36-16-10-17-40-39-15-6-9-20-47(39)51-48(36)40;1-2-9-25(10-3-1)32-30-13-7-6-12-27(30)29-20-22(16-17-31(29)32)21-14-15-24-18-23-8-4-5-11-26(23)28(24)19-21;19-13-10-8-12(9-11-13)14-5-3-6-16-15-4-1-2-7-17(15)20-18(14)16/h1-30H;1-17,19-20H,18H2;1-11H. The van der Waals surface area contributed by atoms with E-state index in [-0.39, 0.29) is 0 Å². The van der Waals surface area contributed by atoms with Crippen molar-refractivity contribution in [3.8, 4) is 72.7 Å². The van der Waals surface area contributed by atoms with Crippen LogP contribution in [-0.2, 0) is 6.42 Å². The number of fused-ring (bicyclic) bond motifs is 18. The average Bonchev–Trinajstić information content (AvgIpc) is 1.59. The van der Waals surface area contributed by atoms with Gasteiger partial charge in [0.25, 0.3) is 0 Å². The minimum atomic E-state index is 1.04. The van der Waals surface area contributed by atoms with Crippen molar-refractivity contribution in [1.29, 1.82) is 0 Å². The Bertz CT molecular complexity index is 6890. The van der Waals surface area contributed by atoms with Gasteiger partial charge in [0.1, 0.15) is 0 Å². The molecule has 0 saturated carbocycles. The monoisotopic (exact) mass is 1410 g/mol. The van der Waals surface area contributed by atoms with Crippen LogP contribution in [0.1, 0.15) is 11.1 Å². The van der Waals surface area contributed by atoms with Gasteiger partial charge in [0.2, 0.25) is 0 Å². The highest BCUT2D eigenvalue weighted by molar-refractivity contribution is 9.10. The molecule has 0 saturated heterocycles. The minimum Gasteiger partial charge on any atom is -0.309 e. The maximum atomic E-state index is 3.50. The van der Waals surface area contributed by atoms with E-state index in [0.717, 1.165) is 16.6 Å². The van der Waals surface area contributed by atoms with Gasteiger partial charge in [0.15, 0.2) is 0 Å². The third-order valence-corrected chi connectivity index (χ3v) is 23.9. The van der Waals surface area contributed by atoms with Gasteiger partial charge >= 0.3 is 0 Å². The van der Waals surface area contributed by atoms with Gasteiger partial charge in [-0.25, -0.2) is 0 Å². The summed E-state index contributed by atoms with van der Waals surface area (Å²) in [5.41, 5.74) is 26.6. The van der Waals surface area contributed by atoms with E-state index in [2.05, 4.69) is 394 Å². The maximum absolute atomic E-state index is 3.50. The smallest absolute Gasteiger partial charge is 0.0541 e. The lowest BCUT2D eigenvalue weighted by atomic mass is 9.97. The Labute approximate surface area is 612 Å². The molecule has 3 nitrogen and oxygen atoms in total. The zero-order chi connectivity index (χ0) is 68.1. The van der Waals surface area contributed by atoms with Crippen molar-refractivity contribution in [3.63, 3.8) is 0 Å². The molecule has 103 heavy (non-hydrogen) atoms. The zero-order valence-electron chi connectivity index (χ0n) is 55.9. The van der Waals surface area contributed by atoms with Crippen molar-refractivity contribution in [3.05, 3.63) is 380 Å². The molecule has 0 atom stereocenters. The molecule has 16 aromatic carbocycles. The molecule has 5 heterocycles. The summed E-state index contributed by atoms with van der Waals surface area (Å²) >= 11 is 7.26. The fourth-order valence-corrected chi connectivity index (χ4v) is 18.9. The first-order chi connectivity index (χ1) is 51.0. The normalized spacial score (nSPS) is 11.9. The highest BCUT2D eigenvalue weighted by atomic mass is 79.9. The molecule has 0 radical (unpaired) electrons. The van der Waals surface area contributed by atoms with Crippen molar-refractivity contribution >= 4 is 144 Å². The van der Waals surface area contributed by atoms with Crippen LogP contribution in [0.5, 0.6) is 0 Å². The number of halogens is 1. The van der Waals surface area contributed by atoms with Crippen LogP contribution in [0, 0.1) is 0 Å². The minimum absolute atomic E-state index is 1.04. The molecule has 0 amide bonds. The van der Waals surface area contributed by atoms with Gasteiger partial charge in [-0.1, -0.05) is 259 Å². The summed E-state index contributed by atoms with van der Waals surface area (Å²) in [5.74, 6) is 0. The summed E-state index contributed by atoms with van der Waals surface area (Å²) < 4.78 is 13.7. The van der Waals surface area contributed by atoms with Crippen molar-refractivity contribution < 1.29 is 0 Å². The van der Waals surface area contributed by atoms with Crippen LogP contribution in [0.2, 0.25) is 0 Å². The molecule has 5 aromatic heterocycles. The van der Waals surface area contributed by atoms with Gasteiger partial charge in [-0.3, -0.25) is 0 Å². The molecule has 21 aromatic rings. The zero-order valence-corrected chi connectivity index (χ0v) is 59.1. The second-order valence-electron chi connectivity index (χ2n) is 26.7. The third kappa shape index (κ3) is 10.4. The molecule has 0 bridgehead atoms. The Hall–Kier alpha value is -12.2. The van der Waals surface area contributed by atoms with E-state index < -0.39 is 0 Å². The molecule has 6 heteroatoms. The lowest BCUT2D eigenvalue weighted by molar-refractivity contribution is 1.18. The van der Waals surface area contributed by atoms with Gasteiger partial charge in [0, 0.05) is 94.2 Å². The molecule has 484 valence electrons. The summed E-state index contributed by atoms with van der Waals surface area (Å²) in [6, 6.07) is 132. The number of hydrogen-bond donors (Lipinski definition) is 0. The van der Waals surface area contributed by atoms with Crippen molar-refractivity contribution in [1.82, 2.24) is 13.7 Å². The summed E-state index contributed by atoms with van der Waals surface area (Å²) in [5, 5.41) is 13.0. The Morgan fingerprint density at radius 3 is 1.02 bits per heavy atom. The van der Waals surface area contributed by atoms with E-state index in [1.165, 1.54) is 184 Å². The van der Waals surface area contributed by atoms with Crippen LogP contribution in [0.3, 0.4) is 0 Å². The predicted molar refractivity (Wildman–Crippen MR) is 446 cm³/mol. The van der Waals surface area contributed by atoms with Crippen LogP contribution >= 0.6 is 38.6 Å². The van der Waals surface area contributed by atoms with Gasteiger partial charge in [0.05, 0.1) is 33.1 Å². The van der Waals surface area contributed by atoms with Crippen LogP contribution in [-0.4, -0.2) is 13.7 Å². The molecular formula is C97H62BrN3S2. The molecule has 22 rings (SSSR count). The van der Waals surface area contributed by atoms with Crippen molar-refractivity contribution in [2.24, 2.45) is 0 Å². The van der Waals surface area contributed by atoms with Gasteiger partial charge < -0.3 is 13.7 Å². The topological polar surface area (TPSA) is 14.8 Å². The lowest BCUT2D eigenvalue weighted by Gasteiger charge is -2.11. The van der Waals surface area contributed by atoms with E-state index in [1.54, 1.807) is 0 Å². The Morgan fingerprint density at radius 2 is 0.544 bits per heavy atom. The molecule has 0 N–H and O–H groups in total. The van der Waals surface area contributed by atoms with Gasteiger partial charge in [-0.05, 0) is 195 Å². The first-order valence-corrected chi connectivity index (χ1v) is 37.5. The Balaban J connectivity index is 0.000000115. The number of nitrogens with zero attached hydrogens (tertiary/aromatic N) is 3. The average molecular weight is 1410 g/mol. The predicted octanol–water partition coefficient (Wildman–Crippen LogP) is 28.1. The largest absolute Gasteiger partial charge is 0.309 e. The molecule has 0 fully saturated rings. The van der Waals surface area contributed by atoms with Crippen LogP contribution in [0.15, 0.2) is 368 Å². The first-order valence-electron chi connectivity index (χ1n) is 35.1. The second-order valence-corrected chi connectivity index (χ2v) is 29.8. The first kappa shape index (κ1) is 60.8. The third-order valence-electron chi connectivity index (χ3n) is 20.9. The number of para-hydroxylation sites is 5. The Kier molecular flexibility index (Phi) is 14.9. The second kappa shape index (κ2) is 25.2. The summed E-state index contributed by atoms with van der Waals surface area (Å²) in [7, 11) is 0. The fraction of sp³-hybridized carbons (Fsp3) is 0.0103. The van der Waals surface area contributed by atoms with Gasteiger partial charge in [-0.2, -0.15) is 0 Å². The quantitative estimate of drug-likeness (QED) is 0.151. The molecule has 0 aliphatic heterocycles. The summed E-state index contributed by atoms with van der Waals surface area (Å²) in [4.78, 5) is 0. The fourth-order valence-electron chi connectivity index (χ4n) is 16.1. The number of thiophene rings is 2. The number of aromatic nitrogens is 3. The van der Waals surface area contributed by atoms with Crippen molar-refractivity contribution in [2.75, 3.05) is 0 Å². The van der Waals surface area contributed by atoms with E-state index in [9.17, 15) is 0 Å². The molecule has 0 unspecified atom stereocenters. The number of benzene rings is 16. The van der Waals surface area contributed by atoms with Gasteiger partial charge in [-0.15, -0.1) is 22.7 Å². The lowest BCUT2D eigenvalue weighted by Crippen LogP contribution is -1.94. The molecule has 0 spiro atoms. The maximum Gasteiger partial charge on any atom is 0.0541 e. The summed E-state index contributed by atoms with van der Waals surface area (Å²) in [6.45, 7) is 0. The number of rotatable bonds is 7. The van der Waals surface area contributed by atoms with Crippen LogP contribution < -0.4 is 0 Å². The molecule has 1 aliphatic carbocycles. The highest BCUT2D eigenvalue weighted by Gasteiger charge is 2.22. The highest BCUT2D eigenvalue weighted by Crippen LogP contribution is 2.45. The van der Waals surface area contributed by atoms with Crippen molar-refractivity contribution in [2.45, 2.75) is 6.42 Å². The van der Waals surface area contributed by atoms with E-state index in [1.807, 2.05) is 22.7 Å². The SMILES string of the molecule is Brc1ccc(-c2cccc3c2sc2ccccc23)cc1.c1ccc(-n2c3ccccc3c3cc(-c4ccc5c(c4)-c4ccccc4C5)ccc32)cc1.c1ccc(-n2c3ccccc3c3cc(-c4ccc5c(c4)c4ccccc4n5-c4ccc(-c5cccc6c5sc5ccccc56)cc4)ccc32)cc1. The number of hydrogen-bond acceptors (Lipinski definition) is 2. The summed E-state index contributed by atoms with van der Waals surface area (Å²) in [6.07, 6.45) is 1.04. The van der Waals surface area contributed by atoms with Crippen LogP contribution in [0.25, 0.3) is 178 Å². The molecular weight excluding hydrogens is 1350 g/mol. The van der Waals surface area contributed by atoms with E-state index in [0.29, 0.717) is 0 Å². The van der Waals surface area contributed by atoms with E-state index in [4.69, 9.17) is 0 Å². The Morgan fingerprint density at radius 1 is 0.214 bits per heavy atom. The van der Waals surface area contributed by atoms with E-state index >= 15 is 0 Å². The molecule has 1 aliphatic rings.